The van der Waals surface area contributed by atoms with Crippen molar-refractivity contribution in [3.63, 3.8) is 0 Å². The fraction of sp³-hybridized carbons (Fsp3) is 0.273. The highest BCUT2D eigenvalue weighted by atomic mass is 35.5. The van der Waals surface area contributed by atoms with Crippen molar-refractivity contribution >= 4 is 23.4 Å². The second-order valence-corrected chi connectivity index (χ2v) is 3.46. The maximum Gasteiger partial charge on any atom is 0.427 e. The van der Waals surface area contributed by atoms with Crippen molar-refractivity contribution in [1.29, 1.82) is 0 Å². The summed E-state index contributed by atoms with van der Waals surface area (Å²) >= 11 is 5.78. The van der Waals surface area contributed by atoms with Gasteiger partial charge in [-0.25, -0.2) is 10.2 Å². The number of carbonyl (C=O) groups excluding carboxylic acids is 1. The summed E-state index contributed by atoms with van der Waals surface area (Å²) in [6, 6.07) is 7.26. The largest absolute Gasteiger partial charge is 0.452 e. The molecule has 16 heavy (non-hydrogen) atoms. The Morgan fingerprint density at radius 1 is 1.44 bits per heavy atom. The molecule has 86 valence electrons. The van der Waals surface area contributed by atoms with E-state index in [2.05, 4.69) is 15.3 Å². The van der Waals surface area contributed by atoms with Crippen LogP contribution < -0.4 is 5.43 Å². The Hall–Kier alpha value is -1.55. The van der Waals surface area contributed by atoms with Gasteiger partial charge in [0.25, 0.3) is 0 Å². The van der Waals surface area contributed by atoms with Gasteiger partial charge in [-0.2, -0.15) is 5.10 Å². The van der Waals surface area contributed by atoms with Crippen molar-refractivity contribution < 1.29 is 9.53 Å². The predicted molar refractivity (Wildman–Crippen MR) is 63.8 cm³/mol. The minimum Gasteiger partial charge on any atom is -0.452 e. The van der Waals surface area contributed by atoms with Crippen LogP contribution in [-0.2, 0) is 4.74 Å². The molecule has 0 spiro atoms. The summed E-state index contributed by atoms with van der Waals surface area (Å²) < 4.78 is 4.42. The third kappa shape index (κ3) is 3.55. The van der Waals surface area contributed by atoms with Gasteiger partial charge < -0.3 is 4.74 Å². The molecule has 0 fully saturated rings. The second-order valence-electron chi connectivity index (χ2n) is 3.02. The molecular formula is C11H13ClN2O2. The Morgan fingerprint density at radius 3 is 2.56 bits per heavy atom. The van der Waals surface area contributed by atoms with Gasteiger partial charge in [-0.05, 0) is 24.1 Å². The third-order valence-corrected chi connectivity index (χ3v) is 2.23. The van der Waals surface area contributed by atoms with Crippen LogP contribution in [0, 0.1) is 0 Å². The van der Waals surface area contributed by atoms with Gasteiger partial charge in [0.15, 0.2) is 0 Å². The minimum absolute atomic E-state index is 0.583. The first-order chi connectivity index (χ1) is 7.67. The van der Waals surface area contributed by atoms with E-state index in [4.69, 9.17) is 11.6 Å². The summed E-state index contributed by atoms with van der Waals surface area (Å²) in [7, 11) is 1.29. The number of nitrogens with zero attached hydrogens (tertiary/aromatic N) is 1. The lowest BCUT2D eigenvalue weighted by atomic mass is 10.1. The van der Waals surface area contributed by atoms with E-state index in [-0.39, 0.29) is 0 Å². The molecule has 0 aliphatic rings. The number of amides is 1. The highest BCUT2D eigenvalue weighted by molar-refractivity contribution is 6.30. The van der Waals surface area contributed by atoms with Gasteiger partial charge in [-0.1, -0.05) is 30.7 Å². The Morgan fingerprint density at radius 2 is 2.06 bits per heavy atom. The standard InChI is InChI=1S/C11H13ClN2O2/c1-3-10(13-14-11(15)16-2)8-4-6-9(12)7-5-8/h4-7H,3H2,1-2H3,(H,14,15). The number of hydrazone groups is 1. The van der Waals surface area contributed by atoms with E-state index >= 15 is 0 Å². The topological polar surface area (TPSA) is 50.7 Å². The van der Waals surface area contributed by atoms with E-state index in [1.165, 1.54) is 7.11 Å². The van der Waals surface area contributed by atoms with Crippen LogP contribution >= 0.6 is 11.6 Å². The Kier molecular flexibility index (Phi) is 4.79. The smallest absolute Gasteiger partial charge is 0.427 e. The van der Waals surface area contributed by atoms with Gasteiger partial charge in [0.2, 0.25) is 0 Å². The lowest BCUT2D eigenvalue weighted by Gasteiger charge is -2.04. The first-order valence-corrected chi connectivity index (χ1v) is 5.21. The van der Waals surface area contributed by atoms with Gasteiger partial charge >= 0.3 is 6.09 Å². The van der Waals surface area contributed by atoms with E-state index in [9.17, 15) is 4.79 Å². The van der Waals surface area contributed by atoms with Gasteiger partial charge in [-0.15, -0.1) is 0 Å². The second kappa shape index (κ2) is 6.12. The molecule has 1 amide bonds. The molecule has 0 radical (unpaired) electrons. The number of nitrogens with one attached hydrogen (secondary N) is 1. The molecule has 0 saturated heterocycles. The fourth-order valence-corrected chi connectivity index (χ4v) is 1.27. The molecule has 4 nitrogen and oxygen atoms in total. The molecule has 1 aromatic carbocycles. The van der Waals surface area contributed by atoms with E-state index in [1.807, 2.05) is 19.1 Å². The monoisotopic (exact) mass is 240 g/mol. The van der Waals surface area contributed by atoms with Crippen LogP contribution in [0.5, 0.6) is 0 Å². The number of benzene rings is 1. The molecule has 1 aromatic rings. The average molecular weight is 241 g/mol. The minimum atomic E-state index is -0.583. The van der Waals surface area contributed by atoms with E-state index < -0.39 is 6.09 Å². The van der Waals surface area contributed by atoms with Crippen LogP contribution in [-0.4, -0.2) is 18.9 Å². The van der Waals surface area contributed by atoms with Gasteiger partial charge in [0.05, 0.1) is 12.8 Å². The summed E-state index contributed by atoms with van der Waals surface area (Å²) in [5.74, 6) is 0. The lowest BCUT2D eigenvalue weighted by Crippen LogP contribution is -2.19. The van der Waals surface area contributed by atoms with Crippen LogP contribution in [0.15, 0.2) is 29.4 Å². The third-order valence-electron chi connectivity index (χ3n) is 1.98. The van der Waals surface area contributed by atoms with Crippen LogP contribution in [0.25, 0.3) is 0 Å². The zero-order valence-corrected chi connectivity index (χ0v) is 9.91. The predicted octanol–water partition coefficient (Wildman–Crippen LogP) is 2.81. The van der Waals surface area contributed by atoms with Crippen molar-refractivity contribution in [2.75, 3.05) is 7.11 Å². The maximum atomic E-state index is 10.9. The van der Waals surface area contributed by atoms with Crippen LogP contribution in [0.2, 0.25) is 5.02 Å². The van der Waals surface area contributed by atoms with Gasteiger partial charge in [-0.3, -0.25) is 0 Å². The molecule has 0 aliphatic heterocycles. The average Bonchev–Trinajstić information content (AvgIpc) is 2.31. The first-order valence-electron chi connectivity index (χ1n) is 4.83. The first kappa shape index (κ1) is 12.5. The molecule has 1 N–H and O–H groups in total. The number of methoxy groups -OCH3 is 1. The van der Waals surface area contributed by atoms with E-state index in [1.54, 1.807) is 12.1 Å². The number of carbonyl (C=O) groups is 1. The molecule has 0 bridgehead atoms. The van der Waals surface area contributed by atoms with Crippen molar-refractivity contribution in [3.05, 3.63) is 34.9 Å². The summed E-state index contributed by atoms with van der Waals surface area (Å²) in [5, 5.41) is 4.63. The summed E-state index contributed by atoms with van der Waals surface area (Å²) in [4.78, 5) is 10.9. The summed E-state index contributed by atoms with van der Waals surface area (Å²) in [6.45, 7) is 1.95. The van der Waals surface area contributed by atoms with Crippen molar-refractivity contribution in [2.24, 2.45) is 5.10 Å². The zero-order valence-electron chi connectivity index (χ0n) is 9.16. The SMILES string of the molecule is CCC(=NNC(=O)OC)c1ccc(Cl)cc1. The molecule has 0 aromatic heterocycles. The molecule has 0 heterocycles. The highest BCUT2D eigenvalue weighted by Gasteiger charge is 2.02. The molecular weight excluding hydrogens is 228 g/mol. The quantitative estimate of drug-likeness (QED) is 0.652. The van der Waals surface area contributed by atoms with Crippen molar-refractivity contribution in [3.8, 4) is 0 Å². The summed E-state index contributed by atoms with van der Waals surface area (Å²) in [6.07, 6.45) is 0.117. The fourth-order valence-electron chi connectivity index (χ4n) is 1.15. The van der Waals surface area contributed by atoms with Crippen LogP contribution in [0.4, 0.5) is 4.79 Å². The summed E-state index contributed by atoms with van der Waals surface area (Å²) in [5.41, 5.74) is 3.98. The number of halogens is 1. The lowest BCUT2D eigenvalue weighted by molar-refractivity contribution is 0.171. The van der Waals surface area contributed by atoms with Gasteiger partial charge in [0.1, 0.15) is 0 Å². The molecule has 0 saturated carbocycles. The number of hydrogen-bond acceptors (Lipinski definition) is 3. The van der Waals surface area contributed by atoms with Gasteiger partial charge in [0, 0.05) is 5.02 Å². The Balaban J connectivity index is 2.81. The Bertz CT molecular complexity index is 387. The molecule has 0 atom stereocenters. The molecule has 0 aliphatic carbocycles. The zero-order chi connectivity index (χ0) is 12.0. The van der Waals surface area contributed by atoms with Crippen LogP contribution in [0.1, 0.15) is 18.9 Å². The van der Waals surface area contributed by atoms with Crippen molar-refractivity contribution in [2.45, 2.75) is 13.3 Å². The number of hydrogen-bond donors (Lipinski definition) is 1. The molecule has 0 unspecified atom stereocenters. The normalized spacial score (nSPS) is 11.1. The maximum absolute atomic E-state index is 10.9. The van der Waals surface area contributed by atoms with Crippen molar-refractivity contribution in [1.82, 2.24) is 5.43 Å². The van der Waals surface area contributed by atoms with Crippen LogP contribution in [0.3, 0.4) is 0 Å². The molecule has 1 rings (SSSR count). The number of rotatable bonds is 3. The Labute approximate surface area is 99.2 Å². The molecule has 5 heteroatoms. The highest BCUT2D eigenvalue weighted by Crippen LogP contribution is 2.11. The van der Waals surface area contributed by atoms with E-state index in [0.717, 1.165) is 11.3 Å². The number of ether oxygens (including phenoxy) is 1. The van der Waals surface area contributed by atoms with E-state index in [0.29, 0.717) is 11.4 Å².